The average Bonchev–Trinajstić information content (AvgIpc) is 3.26. The summed E-state index contributed by atoms with van der Waals surface area (Å²) in [5, 5.41) is 6.76. The van der Waals surface area contributed by atoms with Crippen LogP contribution in [0.4, 0.5) is 0 Å². The highest BCUT2D eigenvalue weighted by Gasteiger charge is 2.33. The molecule has 0 unspecified atom stereocenters. The van der Waals surface area contributed by atoms with Crippen LogP contribution in [0.1, 0.15) is 31.6 Å². The molecule has 1 fully saturated rings. The van der Waals surface area contributed by atoms with Crippen LogP contribution in [-0.4, -0.2) is 47.1 Å². The SMILES string of the molecule is CC(C)Oc1cc(CCC(=O)N2CCNC(=O)[C@H]2Cc2ccc(-c3ccccc3)cc2)on1. The molecule has 2 aromatic carbocycles. The average molecular weight is 448 g/mol. The first-order valence-electron chi connectivity index (χ1n) is 11.3. The Balaban J connectivity index is 1.39. The highest BCUT2D eigenvalue weighted by Crippen LogP contribution is 2.21. The number of carbonyl (C=O) groups excluding carboxylic acids is 2. The maximum Gasteiger partial charge on any atom is 0.254 e. The zero-order valence-electron chi connectivity index (χ0n) is 19.0. The van der Waals surface area contributed by atoms with Gasteiger partial charge in [0, 0.05) is 38.4 Å². The van der Waals surface area contributed by atoms with Gasteiger partial charge in [-0.3, -0.25) is 9.59 Å². The molecule has 1 saturated heterocycles. The number of hydrogen-bond acceptors (Lipinski definition) is 5. The summed E-state index contributed by atoms with van der Waals surface area (Å²) in [5.74, 6) is 0.822. The van der Waals surface area contributed by atoms with E-state index < -0.39 is 6.04 Å². The predicted molar refractivity (Wildman–Crippen MR) is 125 cm³/mol. The third-order valence-corrected chi connectivity index (χ3v) is 5.62. The summed E-state index contributed by atoms with van der Waals surface area (Å²) in [4.78, 5) is 27.3. The highest BCUT2D eigenvalue weighted by molar-refractivity contribution is 5.89. The molecular formula is C26H29N3O4. The van der Waals surface area contributed by atoms with Crippen molar-refractivity contribution in [1.82, 2.24) is 15.4 Å². The Bertz CT molecular complexity index is 1080. The molecule has 33 heavy (non-hydrogen) atoms. The molecule has 1 N–H and O–H groups in total. The molecule has 1 atom stereocenters. The van der Waals surface area contributed by atoms with Gasteiger partial charge in [-0.1, -0.05) is 54.6 Å². The summed E-state index contributed by atoms with van der Waals surface area (Å²) in [6.07, 6.45) is 1.12. The number of aromatic nitrogens is 1. The van der Waals surface area contributed by atoms with Crippen LogP contribution in [0.2, 0.25) is 0 Å². The second kappa shape index (κ2) is 10.3. The molecule has 2 amide bonds. The van der Waals surface area contributed by atoms with Gasteiger partial charge in [-0.25, -0.2) is 0 Å². The van der Waals surface area contributed by atoms with Gasteiger partial charge < -0.3 is 19.5 Å². The summed E-state index contributed by atoms with van der Waals surface area (Å²) in [7, 11) is 0. The standard InChI is InChI=1S/C26H29N3O4/c1-18(2)32-24-17-22(33-28-24)12-13-25(30)29-15-14-27-26(31)23(29)16-19-8-10-21(11-9-19)20-6-4-3-5-7-20/h3-11,17-18,23H,12-16H2,1-2H3,(H,27,31)/t23-/m1/s1. The molecule has 7 nitrogen and oxygen atoms in total. The van der Waals surface area contributed by atoms with Gasteiger partial charge >= 0.3 is 0 Å². The Morgan fingerprint density at radius 2 is 1.88 bits per heavy atom. The van der Waals surface area contributed by atoms with Crippen molar-refractivity contribution in [3.63, 3.8) is 0 Å². The molecule has 1 aliphatic heterocycles. The minimum atomic E-state index is -0.525. The van der Waals surface area contributed by atoms with Gasteiger partial charge in [0.2, 0.25) is 11.8 Å². The fourth-order valence-corrected chi connectivity index (χ4v) is 3.99. The number of nitrogens with zero attached hydrogens (tertiary/aromatic N) is 2. The number of benzene rings is 2. The lowest BCUT2D eigenvalue weighted by Crippen LogP contribution is -2.58. The molecule has 0 bridgehead atoms. The number of carbonyl (C=O) groups is 2. The first-order chi connectivity index (χ1) is 16.0. The quantitative estimate of drug-likeness (QED) is 0.570. The number of piperazine rings is 1. The lowest BCUT2D eigenvalue weighted by molar-refractivity contribution is -0.143. The number of rotatable bonds is 8. The Morgan fingerprint density at radius 3 is 2.61 bits per heavy atom. The molecule has 3 aromatic rings. The van der Waals surface area contributed by atoms with E-state index in [1.165, 1.54) is 0 Å². The summed E-state index contributed by atoms with van der Waals surface area (Å²) in [5.41, 5.74) is 3.28. The second-order valence-electron chi connectivity index (χ2n) is 8.46. The van der Waals surface area contributed by atoms with Crippen molar-refractivity contribution in [2.45, 2.75) is 45.3 Å². The van der Waals surface area contributed by atoms with Gasteiger partial charge in [-0.15, -0.1) is 0 Å². The van der Waals surface area contributed by atoms with Gasteiger partial charge in [0.15, 0.2) is 0 Å². The second-order valence-corrected chi connectivity index (χ2v) is 8.46. The lowest BCUT2D eigenvalue weighted by Gasteiger charge is -2.35. The van der Waals surface area contributed by atoms with Gasteiger partial charge in [0.1, 0.15) is 11.8 Å². The van der Waals surface area contributed by atoms with Crippen LogP contribution in [0, 0.1) is 0 Å². The highest BCUT2D eigenvalue weighted by atomic mass is 16.5. The van der Waals surface area contributed by atoms with Crippen molar-refractivity contribution in [3.05, 3.63) is 72.0 Å². The summed E-state index contributed by atoms with van der Waals surface area (Å²) in [6, 6.07) is 19.5. The van der Waals surface area contributed by atoms with Crippen LogP contribution in [0.25, 0.3) is 11.1 Å². The maximum absolute atomic E-state index is 13.0. The van der Waals surface area contributed by atoms with Crippen LogP contribution >= 0.6 is 0 Å². The van der Waals surface area contributed by atoms with Crippen LogP contribution < -0.4 is 10.1 Å². The van der Waals surface area contributed by atoms with E-state index in [0.717, 1.165) is 16.7 Å². The molecule has 172 valence electrons. The van der Waals surface area contributed by atoms with E-state index in [4.69, 9.17) is 9.26 Å². The van der Waals surface area contributed by atoms with E-state index in [2.05, 4.69) is 34.7 Å². The fraction of sp³-hybridized carbons (Fsp3) is 0.346. The molecule has 0 saturated carbocycles. The Morgan fingerprint density at radius 1 is 1.15 bits per heavy atom. The van der Waals surface area contributed by atoms with Crippen molar-refractivity contribution >= 4 is 11.8 Å². The van der Waals surface area contributed by atoms with Crippen LogP contribution in [-0.2, 0) is 22.4 Å². The lowest BCUT2D eigenvalue weighted by atomic mass is 9.98. The third kappa shape index (κ3) is 5.80. The van der Waals surface area contributed by atoms with E-state index in [1.807, 2.05) is 44.2 Å². The largest absolute Gasteiger partial charge is 0.473 e. The predicted octanol–water partition coefficient (Wildman–Crippen LogP) is 3.63. The normalized spacial score (nSPS) is 16.0. The topological polar surface area (TPSA) is 84.7 Å². The minimum absolute atomic E-state index is 0.000962. The third-order valence-electron chi connectivity index (χ3n) is 5.62. The van der Waals surface area contributed by atoms with Crippen molar-refractivity contribution in [1.29, 1.82) is 0 Å². The monoisotopic (exact) mass is 447 g/mol. The minimum Gasteiger partial charge on any atom is -0.473 e. The van der Waals surface area contributed by atoms with E-state index in [0.29, 0.717) is 37.6 Å². The number of amides is 2. The molecule has 1 aliphatic rings. The zero-order chi connectivity index (χ0) is 23.2. The van der Waals surface area contributed by atoms with Crippen molar-refractivity contribution in [2.24, 2.45) is 0 Å². The van der Waals surface area contributed by atoms with E-state index in [-0.39, 0.29) is 24.3 Å². The summed E-state index contributed by atoms with van der Waals surface area (Å²) >= 11 is 0. The first-order valence-corrected chi connectivity index (χ1v) is 11.3. The van der Waals surface area contributed by atoms with Crippen LogP contribution in [0.3, 0.4) is 0 Å². The van der Waals surface area contributed by atoms with E-state index in [9.17, 15) is 9.59 Å². The Kier molecular flexibility index (Phi) is 7.07. The van der Waals surface area contributed by atoms with E-state index in [1.54, 1.807) is 11.0 Å². The van der Waals surface area contributed by atoms with Crippen molar-refractivity contribution in [2.75, 3.05) is 13.1 Å². The molecule has 7 heteroatoms. The van der Waals surface area contributed by atoms with Crippen molar-refractivity contribution < 1.29 is 18.8 Å². The van der Waals surface area contributed by atoms with Gasteiger partial charge in [-0.2, -0.15) is 0 Å². The number of aryl methyl sites for hydroxylation is 1. The smallest absolute Gasteiger partial charge is 0.254 e. The first kappa shape index (κ1) is 22.6. The van der Waals surface area contributed by atoms with Crippen molar-refractivity contribution in [3.8, 4) is 17.0 Å². The maximum atomic E-state index is 13.0. The summed E-state index contributed by atoms with van der Waals surface area (Å²) < 4.78 is 10.8. The van der Waals surface area contributed by atoms with Gasteiger partial charge in [0.25, 0.3) is 5.88 Å². The van der Waals surface area contributed by atoms with Gasteiger partial charge in [-0.05, 0) is 35.7 Å². The Hall–Kier alpha value is -3.61. The number of nitrogens with one attached hydrogen (secondary N) is 1. The molecule has 4 rings (SSSR count). The van der Waals surface area contributed by atoms with E-state index >= 15 is 0 Å². The fourth-order valence-electron chi connectivity index (χ4n) is 3.99. The molecule has 0 aliphatic carbocycles. The molecule has 0 radical (unpaired) electrons. The Labute approximate surface area is 193 Å². The zero-order valence-corrected chi connectivity index (χ0v) is 19.0. The number of hydrogen-bond donors (Lipinski definition) is 1. The molecular weight excluding hydrogens is 418 g/mol. The van der Waals surface area contributed by atoms with Crippen LogP contribution in [0.5, 0.6) is 5.88 Å². The number of ether oxygens (including phenoxy) is 1. The van der Waals surface area contributed by atoms with Gasteiger partial charge in [0.05, 0.1) is 6.10 Å². The molecule has 0 spiro atoms. The van der Waals surface area contributed by atoms with Crippen LogP contribution in [0.15, 0.2) is 65.2 Å². The summed E-state index contributed by atoms with van der Waals surface area (Å²) in [6.45, 7) is 4.78. The molecule has 1 aromatic heterocycles. The molecule has 2 heterocycles.